The van der Waals surface area contributed by atoms with Gasteiger partial charge in [-0.3, -0.25) is 14.4 Å². The summed E-state index contributed by atoms with van der Waals surface area (Å²) in [5, 5.41) is 2.82. The minimum absolute atomic E-state index is 0.00456. The van der Waals surface area contributed by atoms with Crippen LogP contribution in [0.5, 0.6) is 0 Å². The van der Waals surface area contributed by atoms with Crippen molar-refractivity contribution in [3.8, 4) is 0 Å². The van der Waals surface area contributed by atoms with Gasteiger partial charge < -0.3 is 15.0 Å². The van der Waals surface area contributed by atoms with Crippen molar-refractivity contribution in [1.29, 1.82) is 0 Å². The van der Waals surface area contributed by atoms with Gasteiger partial charge in [-0.1, -0.05) is 19.3 Å². The van der Waals surface area contributed by atoms with Crippen molar-refractivity contribution in [3.05, 3.63) is 0 Å². The van der Waals surface area contributed by atoms with Crippen molar-refractivity contribution >= 4 is 17.6 Å². The molecule has 1 atom stereocenters. The van der Waals surface area contributed by atoms with Crippen LogP contribution in [-0.2, 0) is 19.1 Å². The molecular formula is C19H30N2O4. The van der Waals surface area contributed by atoms with Gasteiger partial charge in [-0.05, 0) is 43.9 Å². The fourth-order valence-corrected chi connectivity index (χ4v) is 4.31. The number of carbonyl (C=O) groups is 3. The smallest absolute Gasteiger partial charge is 0.289 e. The lowest BCUT2D eigenvalue weighted by Crippen LogP contribution is -2.48. The molecule has 2 amide bonds. The highest BCUT2D eigenvalue weighted by atomic mass is 16.5. The summed E-state index contributed by atoms with van der Waals surface area (Å²) in [6.07, 6.45) is 8.63. The summed E-state index contributed by atoms with van der Waals surface area (Å²) in [4.78, 5) is 38.7. The molecule has 0 radical (unpaired) electrons. The molecule has 3 aliphatic rings. The van der Waals surface area contributed by atoms with Gasteiger partial charge in [0.2, 0.25) is 11.7 Å². The summed E-state index contributed by atoms with van der Waals surface area (Å²) in [6, 6.07) is -0.568. The van der Waals surface area contributed by atoms with E-state index in [-0.39, 0.29) is 5.91 Å². The Morgan fingerprint density at radius 3 is 2.44 bits per heavy atom. The second kappa shape index (κ2) is 8.79. The van der Waals surface area contributed by atoms with Crippen LogP contribution in [0.2, 0.25) is 0 Å². The van der Waals surface area contributed by atoms with Crippen molar-refractivity contribution in [3.63, 3.8) is 0 Å². The minimum atomic E-state index is -0.568. The molecule has 2 heterocycles. The van der Waals surface area contributed by atoms with Crippen molar-refractivity contribution in [2.24, 2.45) is 11.8 Å². The average Bonchev–Trinajstić information content (AvgIpc) is 3.01. The third-order valence-corrected chi connectivity index (χ3v) is 5.93. The molecule has 25 heavy (non-hydrogen) atoms. The number of Topliss-reactive ketones (excluding diaryl/α,β-unsaturated/α-hetero) is 1. The van der Waals surface area contributed by atoms with Gasteiger partial charge >= 0.3 is 0 Å². The number of nitrogens with zero attached hydrogens (tertiary/aromatic N) is 1. The Hall–Kier alpha value is -1.43. The third kappa shape index (κ3) is 4.81. The highest BCUT2D eigenvalue weighted by Gasteiger charge is 2.39. The zero-order valence-electron chi connectivity index (χ0n) is 15.0. The van der Waals surface area contributed by atoms with Crippen LogP contribution in [0.25, 0.3) is 0 Å². The summed E-state index contributed by atoms with van der Waals surface area (Å²) in [5.74, 6) is -0.0775. The van der Waals surface area contributed by atoms with Crippen molar-refractivity contribution in [1.82, 2.24) is 10.2 Å². The molecule has 1 aliphatic carbocycles. The van der Waals surface area contributed by atoms with E-state index in [1.807, 2.05) is 0 Å². The second-order valence-electron chi connectivity index (χ2n) is 7.73. The SMILES string of the molecule is O=C(NCC1CCCCC1)C(=O)C1CCC(=O)N1CC1CCOCC1. The molecule has 3 fully saturated rings. The van der Waals surface area contributed by atoms with E-state index in [9.17, 15) is 14.4 Å². The standard InChI is InChI=1S/C19H30N2O4/c22-17-7-6-16(21(17)13-15-8-10-25-11-9-15)18(23)19(24)20-12-14-4-2-1-3-5-14/h14-16H,1-13H2,(H,20,24). The van der Waals surface area contributed by atoms with Gasteiger partial charge in [0, 0.05) is 32.7 Å². The first-order chi connectivity index (χ1) is 12.1. The number of ketones is 1. The molecule has 1 saturated carbocycles. The number of likely N-dealkylation sites (tertiary alicyclic amines) is 1. The van der Waals surface area contributed by atoms with Gasteiger partial charge in [0.25, 0.3) is 5.91 Å². The molecule has 2 aliphatic heterocycles. The molecule has 0 bridgehead atoms. The zero-order chi connectivity index (χ0) is 17.6. The first-order valence-electron chi connectivity index (χ1n) is 9.84. The van der Waals surface area contributed by atoms with E-state index < -0.39 is 17.7 Å². The normalized spacial score (nSPS) is 26.0. The van der Waals surface area contributed by atoms with Crippen molar-refractivity contribution < 1.29 is 19.1 Å². The largest absolute Gasteiger partial charge is 0.381 e. The van der Waals surface area contributed by atoms with Crippen LogP contribution >= 0.6 is 0 Å². The van der Waals surface area contributed by atoms with Crippen LogP contribution in [-0.4, -0.2) is 54.8 Å². The molecule has 6 heteroatoms. The van der Waals surface area contributed by atoms with E-state index in [2.05, 4.69) is 5.32 Å². The number of hydrogen-bond acceptors (Lipinski definition) is 4. The lowest BCUT2D eigenvalue weighted by molar-refractivity contribution is -0.143. The van der Waals surface area contributed by atoms with Gasteiger partial charge in [-0.2, -0.15) is 0 Å². The topological polar surface area (TPSA) is 75.7 Å². The van der Waals surface area contributed by atoms with E-state index in [0.29, 0.717) is 51.0 Å². The van der Waals surface area contributed by atoms with Crippen molar-refractivity contribution in [2.75, 3.05) is 26.3 Å². The molecule has 0 aromatic carbocycles. The maximum atomic E-state index is 12.6. The van der Waals surface area contributed by atoms with Crippen LogP contribution in [0.1, 0.15) is 57.8 Å². The fourth-order valence-electron chi connectivity index (χ4n) is 4.31. The Morgan fingerprint density at radius 2 is 1.72 bits per heavy atom. The van der Waals surface area contributed by atoms with Gasteiger partial charge in [-0.25, -0.2) is 0 Å². The predicted molar refractivity (Wildman–Crippen MR) is 92.9 cm³/mol. The molecule has 2 saturated heterocycles. The highest BCUT2D eigenvalue weighted by Crippen LogP contribution is 2.25. The molecule has 140 valence electrons. The second-order valence-corrected chi connectivity index (χ2v) is 7.73. The van der Waals surface area contributed by atoms with Gasteiger partial charge in [0.05, 0.1) is 0 Å². The maximum absolute atomic E-state index is 12.6. The van der Waals surface area contributed by atoms with Crippen LogP contribution in [0.15, 0.2) is 0 Å². The Bertz CT molecular complexity index is 496. The monoisotopic (exact) mass is 350 g/mol. The first-order valence-corrected chi connectivity index (χ1v) is 9.84. The number of nitrogens with one attached hydrogen (secondary N) is 1. The zero-order valence-corrected chi connectivity index (χ0v) is 15.0. The van der Waals surface area contributed by atoms with Crippen LogP contribution in [0, 0.1) is 11.8 Å². The number of ether oxygens (including phenoxy) is 1. The van der Waals surface area contributed by atoms with E-state index in [1.54, 1.807) is 4.90 Å². The molecule has 1 N–H and O–H groups in total. The van der Waals surface area contributed by atoms with Gasteiger partial charge in [-0.15, -0.1) is 0 Å². The maximum Gasteiger partial charge on any atom is 0.289 e. The Kier molecular flexibility index (Phi) is 6.45. The molecule has 6 nitrogen and oxygen atoms in total. The quantitative estimate of drug-likeness (QED) is 0.740. The Morgan fingerprint density at radius 1 is 1.00 bits per heavy atom. The molecule has 1 unspecified atom stereocenters. The van der Waals surface area contributed by atoms with Crippen LogP contribution in [0.3, 0.4) is 0 Å². The summed E-state index contributed by atoms with van der Waals surface area (Å²) >= 11 is 0. The van der Waals surface area contributed by atoms with E-state index in [4.69, 9.17) is 4.74 Å². The average molecular weight is 350 g/mol. The lowest BCUT2D eigenvalue weighted by Gasteiger charge is -2.30. The number of carbonyl (C=O) groups excluding carboxylic acids is 3. The molecule has 0 aromatic heterocycles. The summed E-state index contributed by atoms with van der Waals surface area (Å²) in [5.41, 5.74) is 0. The first kappa shape index (κ1) is 18.4. The number of amides is 2. The van der Waals surface area contributed by atoms with E-state index in [0.717, 1.165) is 25.7 Å². The summed E-state index contributed by atoms with van der Waals surface area (Å²) < 4.78 is 5.36. The Balaban J connectivity index is 1.51. The number of rotatable bonds is 6. The van der Waals surface area contributed by atoms with Gasteiger partial charge in [0.15, 0.2) is 0 Å². The fraction of sp³-hybridized carbons (Fsp3) is 0.842. The van der Waals surface area contributed by atoms with Crippen molar-refractivity contribution in [2.45, 2.75) is 63.8 Å². The highest BCUT2D eigenvalue weighted by molar-refractivity contribution is 6.38. The number of hydrogen-bond donors (Lipinski definition) is 1. The minimum Gasteiger partial charge on any atom is -0.381 e. The Labute approximate surface area is 149 Å². The predicted octanol–water partition coefficient (Wildman–Crippen LogP) is 1.67. The van der Waals surface area contributed by atoms with Crippen LogP contribution < -0.4 is 5.32 Å². The van der Waals surface area contributed by atoms with E-state index in [1.165, 1.54) is 19.3 Å². The molecular weight excluding hydrogens is 320 g/mol. The molecule has 3 rings (SSSR count). The third-order valence-electron chi connectivity index (χ3n) is 5.93. The molecule has 0 spiro atoms. The van der Waals surface area contributed by atoms with E-state index >= 15 is 0 Å². The van der Waals surface area contributed by atoms with Gasteiger partial charge in [0.1, 0.15) is 6.04 Å². The van der Waals surface area contributed by atoms with Crippen LogP contribution in [0.4, 0.5) is 0 Å². The molecule has 0 aromatic rings. The summed E-state index contributed by atoms with van der Waals surface area (Å²) in [6.45, 7) is 2.60. The summed E-state index contributed by atoms with van der Waals surface area (Å²) in [7, 11) is 0. The lowest BCUT2D eigenvalue weighted by atomic mass is 9.89.